The fourth-order valence-corrected chi connectivity index (χ4v) is 4.11. The number of halogens is 4. The number of rotatable bonds is 6. The van der Waals surface area contributed by atoms with Crippen LogP contribution in [0.4, 0.5) is 28.9 Å². The molecular weight excluding hydrogens is 460 g/mol. The number of hydrogen-bond acceptors (Lipinski definition) is 6. The zero-order chi connectivity index (χ0) is 23.4. The molecule has 1 fully saturated rings. The lowest BCUT2D eigenvalue weighted by Gasteiger charge is -2.31. The summed E-state index contributed by atoms with van der Waals surface area (Å²) in [4.78, 5) is 14.5. The lowest BCUT2D eigenvalue weighted by Crippen LogP contribution is -2.30. The van der Waals surface area contributed by atoms with E-state index in [-0.39, 0.29) is 28.1 Å². The molecule has 0 saturated carbocycles. The minimum Gasteiger partial charge on any atom is -0.411 e. The number of alkyl halides is 3. The summed E-state index contributed by atoms with van der Waals surface area (Å²) in [7, 11) is 0. The van der Waals surface area contributed by atoms with E-state index in [0.29, 0.717) is 18.8 Å². The molecule has 1 amide bonds. The van der Waals surface area contributed by atoms with Gasteiger partial charge < -0.3 is 14.6 Å². The molecule has 6 nitrogen and oxygen atoms in total. The van der Waals surface area contributed by atoms with Crippen molar-refractivity contribution in [3.63, 3.8) is 0 Å². The second-order valence-corrected chi connectivity index (χ2v) is 8.39. The van der Waals surface area contributed by atoms with Crippen LogP contribution in [0, 0.1) is 5.82 Å². The van der Waals surface area contributed by atoms with Crippen LogP contribution in [0.2, 0.25) is 0 Å². The molecular formula is C22H20F4N4O2S. The van der Waals surface area contributed by atoms with Crippen LogP contribution >= 0.6 is 11.8 Å². The van der Waals surface area contributed by atoms with Crippen LogP contribution in [0.5, 0.6) is 0 Å². The quantitative estimate of drug-likeness (QED) is 0.365. The molecule has 33 heavy (non-hydrogen) atoms. The highest BCUT2D eigenvalue weighted by atomic mass is 32.2. The minimum absolute atomic E-state index is 0.0266. The highest BCUT2D eigenvalue weighted by Crippen LogP contribution is 2.36. The van der Waals surface area contributed by atoms with Gasteiger partial charge in [0.1, 0.15) is 5.82 Å². The first-order valence-corrected chi connectivity index (χ1v) is 11.3. The molecule has 1 aliphatic heterocycles. The maximum atomic E-state index is 13.9. The van der Waals surface area contributed by atoms with Crippen molar-refractivity contribution in [1.82, 2.24) is 10.2 Å². The van der Waals surface area contributed by atoms with Crippen LogP contribution < -0.4 is 10.2 Å². The Bertz CT molecular complexity index is 1130. The number of amides is 1. The number of carbonyl (C=O) groups is 1. The lowest BCUT2D eigenvalue weighted by atomic mass is 10.1. The standard InChI is InChI=1S/C22H20F4N4O2S/c23-16-7-3-2-6-15(16)20-28-29-21(32-20)33-13-19(31)27-17-12-14(22(24,25)26)8-9-18(17)30-10-4-1-5-11-30/h2-3,6-9,12H,1,4-5,10-11,13H2,(H,27,31). The third kappa shape index (κ3) is 5.65. The summed E-state index contributed by atoms with van der Waals surface area (Å²) in [6, 6.07) is 9.27. The van der Waals surface area contributed by atoms with Crippen molar-refractivity contribution in [2.45, 2.75) is 30.7 Å². The van der Waals surface area contributed by atoms with Gasteiger partial charge in [-0.05, 0) is 49.6 Å². The Morgan fingerprint density at radius 1 is 1.09 bits per heavy atom. The molecule has 11 heteroatoms. The number of nitrogens with zero attached hydrogens (tertiary/aromatic N) is 3. The summed E-state index contributed by atoms with van der Waals surface area (Å²) in [5.41, 5.74) is -0.0373. The summed E-state index contributed by atoms with van der Waals surface area (Å²) in [6.07, 6.45) is -1.59. The fraction of sp³-hybridized carbons (Fsp3) is 0.318. The maximum absolute atomic E-state index is 13.9. The van der Waals surface area contributed by atoms with Crippen LogP contribution in [0.25, 0.3) is 11.5 Å². The van der Waals surface area contributed by atoms with Gasteiger partial charge in [0.05, 0.1) is 28.3 Å². The van der Waals surface area contributed by atoms with Gasteiger partial charge in [-0.3, -0.25) is 4.79 Å². The molecule has 1 aromatic heterocycles. The Kier molecular flexibility index (Phi) is 6.87. The molecule has 3 aromatic rings. The lowest BCUT2D eigenvalue weighted by molar-refractivity contribution is -0.137. The third-order valence-electron chi connectivity index (χ3n) is 5.13. The van der Waals surface area contributed by atoms with Crippen molar-refractivity contribution >= 4 is 29.0 Å². The number of hydrogen-bond donors (Lipinski definition) is 1. The van der Waals surface area contributed by atoms with Gasteiger partial charge in [-0.2, -0.15) is 13.2 Å². The predicted molar refractivity (Wildman–Crippen MR) is 117 cm³/mol. The number of thioether (sulfide) groups is 1. The third-order valence-corrected chi connectivity index (χ3v) is 5.95. The molecule has 0 bridgehead atoms. The van der Waals surface area contributed by atoms with E-state index in [1.807, 2.05) is 4.90 Å². The minimum atomic E-state index is -4.53. The van der Waals surface area contributed by atoms with Crippen LogP contribution in [0.3, 0.4) is 0 Å². The van der Waals surface area contributed by atoms with Gasteiger partial charge in [0.25, 0.3) is 11.1 Å². The van der Waals surface area contributed by atoms with Crippen LogP contribution in [-0.2, 0) is 11.0 Å². The molecule has 0 atom stereocenters. The fourth-order valence-electron chi connectivity index (χ4n) is 3.55. The molecule has 1 N–H and O–H groups in total. The summed E-state index contributed by atoms with van der Waals surface area (Å²) >= 11 is 0.910. The van der Waals surface area contributed by atoms with Gasteiger partial charge in [0, 0.05) is 13.1 Å². The maximum Gasteiger partial charge on any atom is 0.416 e. The highest BCUT2D eigenvalue weighted by molar-refractivity contribution is 7.99. The molecule has 0 aliphatic carbocycles. The van der Waals surface area contributed by atoms with Gasteiger partial charge in [0.2, 0.25) is 5.91 Å². The summed E-state index contributed by atoms with van der Waals surface area (Å²) in [6.45, 7) is 1.42. The molecule has 0 unspecified atom stereocenters. The van der Waals surface area contributed by atoms with Crippen LogP contribution in [-0.4, -0.2) is 34.9 Å². The van der Waals surface area contributed by atoms with Gasteiger partial charge in [-0.15, -0.1) is 10.2 Å². The number of carbonyl (C=O) groups excluding carboxylic acids is 1. The normalized spacial score (nSPS) is 14.4. The number of aromatic nitrogens is 2. The second-order valence-electron chi connectivity index (χ2n) is 7.47. The number of nitrogens with one attached hydrogen (secondary N) is 1. The monoisotopic (exact) mass is 480 g/mol. The summed E-state index contributed by atoms with van der Waals surface area (Å²) < 4.78 is 59.0. The summed E-state index contributed by atoms with van der Waals surface area (Å²) in [5, 5.41) is 10.2. The molecule has 4 rings (SSSR count). The van der Waals surface area contributed by atoms with Gasteiger partial charge in [-0.1, -0.05) is 23.9 Å². The van der Waals surface area contributed by atoms with Crippen molar-refractivity contribution < 1.29 is 26.8 Å². The zero-order valence-corrected chi connectivity index (χ0v) is 18.2. The van der Waals surface area contributed by atoms with Crippen molar-refractivity contribution in [3.8, 4) is 11.5 Å². The SMILES string of the molecule is O=C(CSc1nnc(-c2ccccc2F)o1)Nc1cc(C(F)(F)F)ccc1N1CCCCC1. The van der Waals surface area contributed by atoms with E-state index in [0.717, 1.165) is 43.2 Å². The van der Waals surface area contributed by atoms with Gasteiger partial charge >= 0.3 is 6.18 Å². The smallest absolute Gasteiger partial charge is 0.411 e. The van der Waals surface area contributed by atoms with Crippen molar-refractivity contribution in [2.75, 3.05) is 29.1 Å². The highest BCUT2D eigenvalue weighted by Gasteiger charge is 2.32. The molecule has 0 spiro atoms. The van der Waals surface area contributed by atoms with E-state index in [1.54, 1.807) is 6.07 Å². The Morgan fingerprint density at radius 2 is 1.85 bits per heavy atom. The molecule has 0 radical (unpaired) electrons. The predicted octanol–water partition coefficient (Wildman–Crippen LogP) is 5.62. The van der Waals surface area contributed by atoms with E-state index in [4.69, 9.17) is 4.42 Å². The largest absolute Gasteiger partial charge is 0.416 e. The average Bonchev–Trinajstić information content (AvgIpc) is 3.27. The first-order chi connectivity index (χ1) is 15.8. The molecule has 2 heterocycles. The van der Waals surface area contributed by atoms with Crippen LogP contribution in [0.1, 0.15) is 24.8 Å². The summed E-state index contributed by atoms with van der Waals surface area (Å²) in [5.74, 6) is -1.25. The van der Waals surface area contributed by atoms with E-state index < -0.39 is 23.5 Å². The van der Waals surface area contributed by atoms with E-state index in [2.05, 4.69) is 15.5 Å². The molecule has 2 aromatic carbocycles. The van der Waals surface area contributed by atoms with Gasteiger partial charge in [-0.25, -0.2) is 4.39 Å². The Morgan fingerprint density at radius 3 is 2.58 bits per heavy atom. The van der Waals surface area contributed by atoms with E-state index in [9.17, 15) is 22.4 Å². The molecule has 1 aliphatic rings. The van der Waals surface area contributed by atoms with Crippen molar-refractivity contribution in [2.24, 2.45) is 0 Å². The average molecular weight is 480 g/mol. The van der Waals surface area contributed by atoms with Crippen LogP contribution in [0.15, 0.2) is 52.1 Å². The van der Waals surface area contributed by atoms with Crippen molar-refractivity contribution in [1.29, 1.82) is 0 Å². The van der Waals surface area contributed by atoms with Gasteiger partial charge in [0.15, 0.2) is 0 Å². The van der Waals surface area contributed by atoms with Crippen molar-refractivity contribution in [3.05, 3.63) is 53.8 Å². The second kappa shape index (κ2) is 9.82. The molecule has 174 valence electrons. The number of anilines is 2. The van der Waals surface area contributed by atoms with E-state index >= 15 is 0 Å². The number of benzene rings is 2. The van der Waals surface area contributed by atoms with E-state index in [1.165, 1.54) is 24.3 Å². The first kappa shape index (κ1) is 23.1. The number of piperidine rings is 1. The Balaban J connectivity index is 1.46. The molecule has 1 saturated heterocycles. The topological polar surface area (TPSA) is 71.3 Å². The first-order valence-electron chi connectivity index (χ1n) is 10.3. The Labute approximate surface area is 191 Å². The Hall–Kier alpha value is -3.08. The zero-order valence-electron chi connectivity index (χ0n) is 17.4.